The van der Waals surface area contributed by atoms with Crippen molar-refractivity contribution in [1.29, 1.82) is 5.26 Å². The number of piperidine rings is 2. The van der Waals surface area contributed by atoms with Crippen LogP contribution in [0, 0.1) is 11.3 Å². The van der Waals surface area contributed by atoms with Crippen molar-refractivity contribution in [3.05, 3.63) is 71.8 Å². The van der Waals surface area contributed by atoms with Gasteiger partial charge in [-0.3, -0.25) is 9.69 Å². The molecule has 2 aromatic rings. The van der Waals surface area contributed by atoms with Crippen LogP contribution in [-0.2, 0) is 10.2 Å². The van der Waals surface area contributed by atoms with Gasteiger partial charge in [-0.25, -0.2) is 0 Å². The van der Waals surface area contributed by atoms with Crippen LogP contribution >= 0.6 is 0 Å². The molecule has 4 rings (SSSR count). The number of nitrogens with one attached hydrogen (secondary N) is 2. The third-order valence-electron chi connectivity index (χ3n) is 7.32. The van der Waals surface area contributed by atoms with E-state index in [0.29, 0.717) is 13.0 Å². The molecule has 2 aromatic carbocycles. The minimum atomic E-state index is -0.789. The van der Waals surface area contributed by atoms with Crippen LogP contribution < -0.4 is 10.6 Å². The van der Waals surface area contributed by atoms with E-state index in [1.54, 1.807) is 0 Å². The summed E-state index contributed by atoms with van der Waals surface area (Å²) >= 11 is 0. The van der Waals surface area contributed by atoms with Crippen molar-refractivity contribution in [3.63, 3.8) is 0 Å². The lowest BCUT2D eigenvalue weighted by molar-refractivity contribution is -0.136. The summed E-state index contributed by atoms with van der Waals surface area (Å²) in [4.78, 5) is 16.0. The highest BCUT2D eigenvalue weighted by atomic mass is 16.2. The third-order valence-corrected chi connectivity index (χ3v) is 7.32. The van der Waals surface area contributed by atoms with Crippen LogP contribution in [0.5, 0.6) is 0 Å². The quantitative estimate of drug-likeness (QED) is 0.704. The summed E-state index contributed by atoms with van der Waals surface area (Å²) in [5.41, 5.74) is 0.731. The number of rotatable bonds is 7. The maximum Gasteiger partial charge on any atom is 0.240 e. The van der Waals surface area contributed by atoms with Gasteiger partial charge in [0, 0.05) is 6.54 Å². The van der Waals surface area contributed by atoms with Gasteiger partial charge in [0.1, 0.15) is 11.0 Å². The number of amides is 1. The zero-order valence-corrected chi connectivity index (χ0v) is 18.9. The van der Waals surface area contributed by atoms with Gasteiger partial charge in [-0.1, -0.05) is 67.1 Å². The van der Waals surface area contributed by atoms with Crippen LogP contribution in [0.2, 0.25) is 0 Å². The molecular formula is C27H34N4O. The van der Waals surface area contributed by atoms with Crippen molar-refractivity contribution in [2.75, 3.05) is 32.7 Å². The second-order valence-electron chi connectivity index (χ2n) is 9.08. The number of nitrogens with zero attached hydrogens (tertiary/aromatic N) is 2. The summed E-state index contributed by atoms with van der Waals surface area (Å²) in [6, 6.07) is 22.5. The Kier molecular flexibility index (Phi) is 7.24. The van der Waals surface area contributed by atoms with E-state index in [2.05, 4.69) is 21.6 Å². The Balaban J connectivity index is 1.53. The summed E-state index contributed by atoms with van der Waals surface area (Å²) in [7, 11) is 0. The standard InChI is InChI=1S/C27H34N4O/c28-22-26(23-10-4-1-5-11-23,24-12-6-2-7-13-24)14-19-30-25(32)27(15-17-29-18-16-27)31-20-8-3-9-21-31/h1-2,4-7,10-13,29H,3,8-9,14-21H2,(H,30,32). The second-order valence-corrected chi connectivity index (χ2v) is 9.08. The predicted molar refractivity (Wildman–Crippen MR) is 127 cm³/mol. The Morgan fingerprint density at radius 3 is 2.06 bits per heavy atom. The molecule has 32 heavy (non-hydrogen) atoms. The van der Waals surface area contributed by atoms with Crippen LogP contribution in [0.4, 0.5) is 0 Å². The van der Waals surface area contributed by atoms with E-state index in [4.69, 9.17) is 0 Å². The second kappa shape index (κ2) is 10.3. The highest BCUT2D eigenvalue weighted by Gasteiger charge is 2.45. The van der Waals surface area contributed by atoms with Crippen molar-refractivity contribution in [2.45, 2.75) is 49.5 Å². The van der Waals surface area contributed by atoms with E-state index in [0.717, 1.165) is 50.1 Å². The van der Waals surface area contributed by atoms with Gasteiger partial charge < -0.3 is 10.6 Å². The van der Waals surface area contributed by atoms with Gasteiger partial charge in [0.25, 0.3) is 0 Å². The number of hydrogen-bond donors (Lipinski definition) is 2. The molecule has 0 spiro atoms. The first-order valence-electron chi connectivity index (χ1n) is 12.0. The Hall–Kier alpha value is -2.68. The lowest BCUT2D eigenvalue weighted by Crippen LogP contribution is -2.64. The lowest BCUT2D eigenvalue weighted by atomic mass is 9.73. The first-order valence-corrected chi connectivity index (χ1v) is 12.0. The first-order chi connectivity index (χ1) is 15.7. The summed E-state index contributed by atoms with van der Waals surface area (Å²) in [5.74, 6) is 0.133. The van der Waals surface area contributed by atoms with Gasteiger partial charge in [0.2, 0.25) is 5.91 Å². The van der Waals surface area contributed by atoms with E-state index in [-0.39, 0.29) is 5.91 Å². The fourth-order valence-electron chi connectivity index (χ4n) is 5.46. The predicted octanol–water partition coefficient (Wildman–Crippen LogP) is 3.61. The van der Waals surface area contributed by atoms with E-state index < -0.39 is 11.0 Å². The van der Waals surface area contributed by atoms with Crippen molar-refractivity contribution in [3.8, 4) is 6.07 Å². The maximum atomic E-state index is 13.6. The molecule has 168 valence electrons. The SMILES string of the molecule is N#CC(CCNC(=O)C1(N2CCCCC2)CCNCC1)(c1ccccc1)c1ccccc1. The van der Waals surface area contributed by atoms with Gasteiger partial charge in [0.15, 0.2) is 0 Å². The minimum Gasteiger partial charge on any atom is -0.354 e. The van der Waals surface area contributed by atoms with E-state index >= 15 is 0 Å². The maximum absolute atomic E-state index is 13.6. The molecule has 5 heteroatoms. The highest BCUT2D eigenvalue weighted by Crippen LogP contribution is 2.35. The fraction of sp³-hybridized carbons (Fsp3) is 0.481. The number of likely N-dealkylation sites (tertiary alicyclic amines) is 1. The van der Waals surface area contributed by atoms with Crippen molar-refractivity contribution in [2.24, 2.45) is 0 Å². The normalized spacial score (nSPS) is 19.1. The Labute approximate surface area is 191 Å². The van der Waals surface area contributed by atoms with Crippen LogP contribution in [0.1, 0.15) is 49.7 Å². The number of nitriles is 1. The number of benzene rings is 2. The molecule has 2 heterocycles. The molecule has 2 N–H and O–H groups in total. The van der Waals surface area contributed by atoms with Crippen LogP contribution in [-0.4, -0.2) is 49.1 Å². The topological polar surface area (TPSA) is 68.2 Å². The number of hydrogen-bond acceptors (Lipinski definition) is 4. The van der Waals surface area contributed by atoms with Gasteiger partial charge in [-0.15, -0.1) is 0 Å². The molecule has 0 unspecified atom stereocenters. The number of carbonyl (C=O) groups is 1. The largest absolute Gasteiger partial charge is 0.354 e. The Morgan fingerprint density at radius 1 is 0.969 bits per heavy atom. The average molecular weight is 431 g/mol. The molecule has 0 radical (unpaired) electrons. The van der Waals surface area contributed by atoms with E-state index in [1.807, 2.05) is 60.7 Å². The molecule has 2 aliphatic rings. The molecule has 0 aliphatic carbocycles. The van der Waals surface area contributed by atoms with Gasteiger partial charge in [-0.2, -0.15) is 5.26 Å². The third kappa shape index (κ3) is 4.44. The molecule has 0 aromatic heterocycles. The molecule has 0 atom stereocenters. The zero-order valence-electron chi connectivity index (χ0n) is 18.9. The molecule has 2 aliphatic heterocycles. The molecule has 0 bridgehead atoms. The molecule has 2 saturated heterocycles. The summed E-state index contributed by atoms with van der Waals surface area (Å²) in [5, 5.41) is 17.0. The van der Waals surface area contributed by atoms with Gasteiger partial charge >= 0.3 is 0 Å². The van der Waals surface area contributed by atoms with E-state index in [9.17, 15) is 10.1 Å². The fourth-order valence-corrected chi connectivity index (χ4v) is 5.46. The summed E-state index contributed by atoms with van der Waals surface area (Å²) < 4.78 is 0. The van der Waals surface area contributed by atoms with Crippen molar-refractivity contribution in [1.82, 2.24) is 15.5 Å². The minimum absolute atomic E-state index is 0.133. The lowest BCUT2D eigenvalue weighted by Gasteiger charge is -2.47. The van der Waals surface area contributed by atoms with Crippen LogP contribution in [0.15, 0.2) is 60.7 Å². The highest BCUT2D eigenvalue weighted by molar-refractivity contribution is 5.86. The zero-order chi connectivity index (χ0) is 22.3. The van der Waals surface area contributed by atoms with Crippen LogP contribution in [0.3, 0.4) is 0 Å². The summed E-state index contributed by atoms with van der Waals surface area (Å²) in [6.45, 7) is 4.23. The van der Waals surface area contributed by atoms with Crippen molar-refractivity contribution >= 4 is 5.91 Å². The van der Waals surface area contributed by atoms with Gasteiger partial charge in [0.05, 0.1) is 6.07 Å². The monoisotopic (exact) mass is 430 g/mol. The van der Waals surface area contributed by atoms with Crippen molar-refractivity contribution < 1.29 is 4.79 Å². The Morgan fingerprint density at radius 2 is 1.53 bits per heavy atom. The number of carbonyl (C=O) groups excluding carboxylic acids is 1. The first kappa shape index (κ1) is 22.5. The molecule has 1 amide bonds. The molecule has 2 fully saturated rings. The average Bonchev–Trinajstić information content (AvgIpc) is 2.88. The van der Waals surface area contributed by atoms with Gasteiger partial charge in [-0.05, 0) is 69.4 Å². The van der Waals surface area contributed by atoms with E-state index in [1.165, 1.54) is 19.3 Å². The van der Waals surface area contributed by atoms with Crippen LogP contribution in [0.25, 0.3) is 0 Å². The molecule has 0 saturated carbocycles. The Bertz CT molecular complexity index is 870. The molecular weight excluding hydrogens is 396 g/mol. The smallest absolute Gasteiger partial charge is 0.240 e. The molecule has 5 nitrogen and oxygen atoms in total. The summed E-state index contributed by atoms with van der Waals surface area (Å²) in [6.07, 6.45) is 5.83.